The summed E-state index contributed by atoms with van der Waals surface area (Å²) in [6, 6.07) is 14.6. The number of anilines is 1. The number of fused-ring (bicyclic) bond motifs is 1. The Labute approximate surface area is 179 Å². The standard InChI is InChI=1S/C23H29N3O3S/c1-18-7-5-6-14-26(18)30(28,29)21-12-10-19(11-13-21)23(27)25-16-15-24(2)22-9-4-3-8-20(22)17-25/h3-4,8-13,18H,5-7,14-17H2,1-2H3. The molecule has 2 aliphatic heterocycles. The van der Waals surface area contributed by atoms with Gasteiger partial charge in [-0.3, -0.25) is 4.79 Å². The fourth-order valence-electron chi connectivity index (χ4n) is 4.38. The maximum atomic E-state index is 13.1. The number of hydrogen-bond donors (Lipinski definition) is 0. The van der Waals surface area contributed by atoms with Gasteiger partial charge in [-0.1, -0.05) is 24.6 Å². The molecule has 1 atom stereocenters. The second-order valence-corrected chi connectivity index (χ2v) is 10.2. The number of para-hydroxylation sites is 1. The van der Waals surface area contributed by atoms with E-state index in [1.807, 2.05) is 37.1 Å². The fourth-order valence-corrected chi connectivity index (χ4v) is 6.08. The van der Waals surface area contributed by atoms with E-state index in [4.69, 9.17) is 0 Å². The maximum Gasteiger partial charge on any atom is 0.254 e. The summed E-state index contributed by atoms with van der Waals surface area (Å²) < 4.78 is 27.6. The van der Waals surface area contributed by atoms with E-state index >= 15 is 0 Å². The molecule has 7 heteroatoms. The smallest absolute Gasteiger partial charge is 0.254 e. The molecule has 30 heavy (non-hydrogen) atoms. The van der Waals surface area contributed by atoms with Crippen LogP contribution in [0.5, 0.6) is 0 Å². The second kappa shape index (κ2) is 8.40. The van der Waals surface area contributed by atoms with Gasteiger partial charge in [0.05, 0.1) is 4.90 Å². The highest BCUT2D eigenvalue weighted by Crippen LogP contribution is 2.27. The highest BCUT2D eigenvalue weighted by Gasteiger charge is 2.31. The van der Waals surface area contributed by atoms with Crippen LogP contribution in [0.4, 0.5) is 5.69 Å². The van der Waals surface area contributed by atoms with Gasteiger partial charge in [-0.25, -0.2) is 8.42 Å². The number of benzene rings is 2. The normalized spacial score (nSPS) is 20.5. The summed E-state index contributed by atoms with van der Waals surface area (Å²) in [6.07, 6.45) is 2.85. The van der Waals surface area contributed by atoms with Crippen LogP contribution in [0.2, 0.25) is 0 Å². The molecular formula is C23H29N3O3S. The van der Waals surface area contributed by atoms with Crippen molar-refractivity contribution in [1.82, 2.24) is 9.21 Å². The number of hydrogen-bond acceptors (Lipinski definition) is 4. The van der Waals surface area contributed by atoms with Gasteiger partial charge in [0.15, 0.2) is 0 Å². The van der Waals surface area contributed by atoms with Gasteiger partial charge in [-0.15, -0.1) is 0 Å². The summed E-state index contributed by atoms with van der Waals surface area (Å²) in [5.74, 6) is -0.0737. The monoisotopic (exact) mass is 427 g/mol. The molecule has 0 spiro atoms. The van der Waals surface area contributed by atoms with E-state index in [0.29, 0.717) is 25.2 Å². The zero-order valence-electron chi connectivity index (χ0n) is 17.6. The Bertz CT molecular complexity index is 1020. The van der Waals surface area contributed by atoms with Crippen molar-refractivity contribution in [3.05, 3.63) is 59.7 Å². The molecule has 160 valence electrons. The SMILES string of the molecule is CC1CCCCN1S(=O)(=O)c1ccc(C(=O)N2CCN(C)c3ccccc3C2)cc1. The molecule has 4 rings (SSSR count). The lowest BCUT2D eigenvalue weighted by atomic mass is 10.1. The number of piperidine rings is 1. The van der Waals surface area contributed by atoms with Crippen LogP contribution in [0.1, 0.15) is 42.1 Å². The van der Waals surface area contributed by atoms with E-state index in [1.54, 1.807) is 28.6 Å². The Morgan fingerprint density at radius 3 is 2.43 bits per heavy atom. The molecule has 2 aromatic carbocycles. The van der Waals surface area contributed by atoms with Crippen LogP contribution in [0, 0.1) is 0 Å². The quantitative estimate of drug-likeness (QED) is 0.754. The third-order valence-electron chi connectivity index (χ3n) is 6.21. The summed E-state index contributed by atoms with van der Waals surface area (Å²) >= 11 is 0. The van der Waals surface area contributed by atoms with Crippen LogP contribution >= 0.6 is 0 Å². The lowest BCUT2D eigenvalue weighted by Crippen LogP contribution is -2.41. The van der Waals surface area contributed by atoms with Crippen molar-refractivity contribution in [2.75, 3.05) is 31.6 Å². The van der Waals surface area contributed by atoms with E-state index in [9.17, 15) is 13.2 Å². The third-order valence-corrected chi connectivity index (χ3v) is 8.23. The molecule has 2 aromatic rings. The Hall–Kier alpha value is -2.38. The Kier molecular flexibility index (Phi) is 5.84. The van der Waals surface area contributed by atoms with Crippen LogP contribution in [-0.2, 0) is 16.6 Å². The molecule has 0 aliphatic carbocycles. The van der Waals surface area contributed by atoms with Crippen LogP contribution in [0.15, 0.2) is 53.4 Å². The molecular weight excluding hydrogens is 398 g/mol. The molecule has 0 N–H and O–H groups in total. The van der Waals surface area contributed by atoms with Crippen molar-refractivity contribution in [3.63, 3.8) is 0 Å². The molecule has 0 radical (unpaired) electrons. The Morgan fingerprint density at radius 1 is 0.967 bits per heavy atom. The van der Waals surface area contributed by atoms with Crippen LogP contribution < -0.4 is 4.90 Å². The van der Waals surface area contributed by atoms with Crippen molar-refractivity contribution in [2.24, 2.45) is 0 Å². The van der Waals surface area contributed by atoms with E-state index in [-0.39, 0.29) is 16.8 Å². The average molecular weight is 428 g/mol. The van der Waals surface area contributed by atoms with Crippen molar-refractivity contribution in [3.8, 4) is 0 Å². The van der Waals surface area contributed by atoms with Crippen molar-refractivity contribution >= 4 is 21.6 Å². The molecule has 2 aliphatic rings. The highest BCUT2D eigenvalue weighted by atomic mass is 32.2. The second-order valence-electron chi connectivity index (χ2n) is 8.26. The van der Waals surface area contributed by atoms with E-state index in [2.05, 4.69) is 11.0 Å². The number of carbonyl (C=O) groups is 1. The first kappa shape index (κ1) is 20.9. The molecule has 1 fully saturated rings. The first-order chi connectivity index (χ1) is 14.4. The van der Waals surface area contributed by atoms with E-state index < -0.39 is 10.0 Å². The summed E-state index contributed by atoms with van der Waals surface area (Å²) in [7, 11) is -1.49. The molecule has 0 aromatic heterocycles. The van der Waals surface area contributed by atoms with Gasteiger partial charge in [0.1, 0.15) is 0 Å². The van der Waals surface area contributed by atoms with Crippen molar-refractivity contribution < 1.29 is 13.2 Å². The van der Waals surface area contributed by atoms with Crippen LogP contribution in [0.25, 0.3) is 0 Å². The summed E-state index contributed by atoms with van der Waals surface area (Å²) in [5, 5.41) is 0. The minimum atomic E-state index is -3.53. The summed E-state index contributed by atoms with van der Waals surface area (Å²) in [6.45, 7) is 4.44. The predicted octanol–water partition coefficient (Wildman–Crippen LogP) is 3.34. The Balaban J connectivity index is 1.53. The van der Waals surface area contributed by atoms with Gasteiger partial charge in [-0.2, -0.15) is 4.31 Å². The number of rotatable bonds is 3. The number of likely N-dealkylation sites (N-methyl/N-ethyl adjacent to an activating group) is 1. The summed E-state index contributed by atoms with van der Waals surface area (Å²) in [5.41, 5.74) is 2.77. The molecule has 1 unspecified atom stereocenters. The first-order valence-corrected chi connectivity index (χ1v) is 12.0. The number of sulfonamides is 1. The number of carbonyl (C=O) groups excluding carboxylic acids is 1. The molecule has 6 nitrogen and oxygen atoms in total. The number of amides is 1. The predicted molar refractivity (Wildman–Crippen MR) is 118 cm³/mol. The summed E-state index contributed by atoms with van der Waals surface area (Å²) in [4.78, 5) is 17.4. The molecule has 0 bridgehead atoms. The minimum absolute atomic E-state index is 0.0132. The highest BCUT2D eigenvalue weighted by molar-refractivity contribution is 7.89. The van der Waals surface area contributed by atoms with Gasteiger partial charge in [0.2, 0.25) is 10.0 Å². The van der Waals surface area contributed by atoms with Gasteiger partial charge in [0.25, 0.3) is 5.91 Å². The topological polar surface area (TPSA) is 60.9 Å². The zero-order chi connectivity index (χ0) is 21.3. The lowest BCUT2D eigenvalue weighted by Gasteiger charge is -2.32. The van der Waals surface area contributed by atoms with Gasteiger partial charge >= 0.3 is 0 Å². The van der Waals surface area contributed by atoms with Gasteiger partial charge < -0.3 is 9.80 Å². The van der Waals surface area contributed by atoms with Crippen LogP contribution in [0.3, 0.4) is 0 Å². The molecule has 1 saturated heterocycles. The molecule has 0 saturated carbocycles. The van der Waals surface area contributed by atoms with Gasteiger partial charge in [-0.05, 0) is 55.7 Å². The third kappa shape index (κ3) is 3.96. The Morgan fingerprint density at radius 2 is 1.70 bits per heavy atom. The minimum Gasteiger partial charge on any atom is -0.373 e. The largest absolute Gasteiger partial charge is 0.373 e. The first-order valence-electron chi connectivity index (χ1n) is 10.6. The molecule has 2 heterocycles. The van der Waals surface area contributed by atoms with Crippen molar-refractivity contribution in [2.45, 2.75) is 43.7 Å². The average Bonchev–Trinajstić information content (AvgIpc) is 2.93. The fraction of sp³-hybridized carbons (Fsp3) is 0.435. The molecule has 1 amide bonds. The van der Waals surface area contributed by atoms with Crippen molar-refractivity contribution in [1.29, 1.82) is 0 Å². The van der Waals surface area contributed by atoms with E-state index in [1.165, 1.54) is 0 Å². The van der Waals surface area contributed by atoms with E-state index in [0.717, 1.165) is 37.1 Å². The van der Waals surface area contributed by atoms with Gasteiger partial charge in [0, 0.05) is 50.5 Å². The van der Waals surface area contributed by atoms with Crippen LogP contribution in [-0.4, -0.2) is 56.3 Å². The zero-order valence-corrected chi connectivity index (χ0v) is 18.4. The number of nitrogens with zero attached hydrogens (tertiary/aromatic N) is 3. The lowest BCUT2D eigenvalue weighted by molar-refractivity contribution is 0.0751. The maximum absolute atomic E-state index is 13.1.